The van der Waals surface area contributed by atoms with Gasteiger partial charge >= 0.3 is 0 Å². The summed E-state index contributed by atoms with van der Waals surface area (Å²) in [4.78, 5) is 4.17. The van der Waals surface area contributed by atoms with Crippen molar-refractivity contribution in [1.82, 2.24) is 10.3 Å². The number of nitrogens with two attached hydrogens (primary N) is 1. The van der Waals surface area contributed by atoms with Gasteiger partial charge in [0.05, 0.1) is 17.8 Å². The van der Waals surface area contributed by atoms with Gasteiger partial charge in [-0.15, -0.1) is 0 Å². The first-order valence-corrected chi connectivity index (χ1v) is 5.43. The molecule has 4 N–H and O–H groups in total. The fourth-order valence-electron chi connectivity index (χ4n) is 1.57. The van der Waals surface area contributed by atoms with Gasteiger partial charge in [-0.25, -0.2) is 5.32 Å². The van der Waals surface area contributed by atoms with Crippen LogP contribution in [0.15, 0.2) is 36.7 Å². The molecule has 0 saturated heterocycles. The number of nitrogen functional groups attached to an aromatic ring is 1. The van der Waals surface area contributed by atoms with Gasteiger partial charge in [-0.2, -0.15) is 0 Å². The second-order valence-corrected chi connectivity index (χ2v) is 3.65. The van der Waals surface area contributed by atoms with Crippen LogP contribution in [0, 0.1) is 0 Å². The highest BCUT2D eigenvalue weighted by Gasteiger charge is 2.09. The third-order valence-corrected chi connectivity index (χ3v) is 2.42. The lowest BCUT2D eigenvalue weighted by molar-refractivity contribution is 0.896. The summed E-state index contributed by atoms with van der Waals surface area (Å²) in [6.07, 6.45) is 5.60. The molecule has 16 heavy (non-hydrogen) atoms. The Morgan fingerprint density at radius 1 is 1.31 bits per heavy atom. The summed E-state index contributed by atoms with van der Waals surface area (Å²) in [6.45, 7) is 0.898. The van der Waals surface area contributed by atoms with Crippen LogP contribution in [-0.4, -0.2) is 12.4 Å². The molecule has 1 radical (unpaired) electrons. The predicted octanol–water partition coefficient (Wildman–Crippen LogP) is 1.27. The first kappa shape index (κ1) is 10.5. The summed E-state index contributed by atoms with van der Waals surface area (Å²) in [6, 6.07) is 7.80. The van der Waals surface area contributed by atoms with E-state index in [4.69, 9.17) is 5.73 Å². The molecule has 1 aromatic carbocycles. The Morgan fingerprint density at radius 3 is 2.94 bits per heavy atom. The number of aliphatic imine (C=N–C) groups is 1. The van der Waals surface area contributed by atoms with E-state index >= 15 is 0 Å². The number of nitrogens with zero attached hydrogens (tertiary/aromatic N) is 1. The lowest BCUT2D eigenvalue weighted by Gasteiger charge is -2.07. The van der Waals surface area contributed by atoms with E-state index in [0.717, 1.165) is 36.6 Å². The van der Waals surface area contributed by atoms with Crippen LogP contribution in [0.5, 0.6) is 0 Å². The molecule has 83 valence electrons. The average Bonchev–Trinajstić information content (AvgIpc) is 2.79. The number of benzene rings is 1. The van der Waals surface area contributed by atoms with Gasteiger partial charge in [-0.3, -0.25) is 0 Å². The molecular weight excluding hydrogens is 200 g/mol. The highest BCUT2D eigenvalue weighted by molar-refractivity contribution is 5.83. The Balaban J connectivity index is 1.70. The number of amidine groups is 1. The van der Waals surface area contributed by atoms with Crippen molar-refractivity contribution in [3.05, 3.63) is 36.7 Å². The van der Waals surface area contributed by atoms with Crippen LogP contribution >= 0.6 is 0 Å². The zero-order valence-electron chi connectivity index (χ0n) is 9.11. The average molecular weight is 216 g/mol. The molecule has 4 nitrogen and oxygen atoms in total. The number of hydrogen-bond donors (Lipinski definition) is 3. The Labute approximate surface area is 95.3 Å². The molecule has 0 aliphatic carbocycles. The van der Waals surface area contributed by atoms with E-state index in [1.165, 1.54) is 0 Å². The molecule has 0 atom stereocenters. The van der Waals surface area contributed by atoms with Gasteiger partial charge in [0, 0.05) is 6.54 Å². The second kappa shape index (κ2) is 5.21. The maximum atomic E-state index is 5.82. The molecule has 0 aromatic heterocycles. The standard InChI is InChI=1S/C12H16N4/c13-10-4-1-2-5-11(10)14-7-3-6-12-15-8-9-16-12/h1-2,4-5,8-9,14-15H,3,6-7,13H2/q+1. The Morgan fingerprint density at radius 2 is 2.19 bits per heavy atom. The van der Waals surface area contributed by atoms with Crippen molar-refractivity contribution < 1.29 is 0 Å². The molecule has 0 bridgehead atoms. The number of nitrogens with one attached hydrogen (secondary N) is 2. The number of hydrogen-bond acceptors (Lipinski definition) is 4. The summed E-state index contributed by atoms with van der Waals surface area (Å²) < 4.78 is 0. The Kier molecular flexibility index (Phi) is 3.43. The summed E-state index contributed by atoms with van der Waals surface area (Å²) in [5, 5.41) is 6.39. The zero-order chi connectivity index (χ0) is 11.2. The van der Waals surface area contributed by atoms with Crippen molar-refractivity contribution in [2.24, 2.45) is 0 Å². The van der Waals surface area contributed by atoms with Crippen LogP contribution < -0.4 is 21.4 Å². The fourth-order valence-corrected chi connectivity index (χ4v) is 1.57. The van der Waals surface area contributed by atoms with Crippen LogP contribution in [0.4, 0.5) is 11.4 Å². The zero-order valence-corrected chi connectivity index (χ0v) is 9.11. The lowest BCUT2D eigenvalue weighted by atomic mass is 10.2. The van der Waals surface area contributed by atoms with E-state index in [-0.39, 0.29) is 0 Å². The van der Waals surface area contributed by atoms with Gasteiger partial charge in [-0.1, -0.05) is 17.1 Å². The van der Waals surface area contributed by atoms with E-state index < -0.39 is 0 Å². The van der Waals surface area contributed by atoms with E-state index in [1.54, 1.807) is 6.20 Å². The molecule has 4 heteroatoms. The van der Waals surface area contributed by atoms with Crippen LogP contribution in [0.2, 0.25) is 0 Å². The number of rotatable bonds is 5. The monoisotopic (exact) mass is 216 g/mol. The van der Waals surface area contributed by atoms with Crippen molar-refractivity contribution in [2.75, 3.05) is 17.6 Å². The van der Waals surface area contributed by atoms with Gasteiger partial charge in [0.15, 0.2) is 6.20 Å². The third kappa shape index (κ3) is 2.76. The van der Waals surface area contributed by atoms with E-state index in [0.29, 0.717) is 0 Å². The topological polar surface area (TPSA) is 64.2 Å². The minimum absolute atomic E-state index is 0.792. The maximum absolute atomic E-state index is 5.82. The van der Waals surface area contributed by atoms with Crippen LogP contribution in [-0.2, 0) is 0 Å². The highest BCUT2D eigenvalue weighted by Crippen LogP contribution is 2.16. The van der Waals surface area contributed by atoms with Gasteiger partial charge in [-0.05, 0) is 18.6 Å². The molecule has 1 aromatic rings. The first-order chi connectivity index (χ1) is 7.86. The second-order valence-electron chi connectivity index (χ2n) is 3.65. The SMILES string of the molecule is Nc1ccccc1NCCCC1=[N+]C=CN1. The molecule has 0 fully saturated rings. The molecule has 0 spiro atoms. The van der Waals surface area contributed by atoms with E-state index in [1.807, 2.05) is 30.5 Å². The normalized spacial score (nSPS) is 13.4. The van der Waals surface area contributed by atoms with Crippen molar-refractivity contribution in [3.8, 4) is 0 Å². The number of anilines is 2. The van der Waals surface area contributed by atoms with Crippen LogP contribution in [0.3, 0.4) is 0 Å². The van der Waals surface area contributed by atoms with E-state index in [9.17, 15) is 0 Å². The lowest BCUT2D eigenvalue weighted by Crippen LogP contribution is -2.17. The van der Waals surface area contributed by atoms with Crippen LogP contribution in [0.1, 0.15) is 12.8 Å². The summed E-state index contributed by atoms with van der Waals surface area (Å²) in [5.74, 6) is 1.03. The Hall–Kier alpha value is -1.97. The van der Waals surface area contributed by atoms with Gasteiger partial charge in [0.25, 0.3) is 5.84 Å². The Bertz CT molecular complexity index is 409. The summed E-state index contributed by atoms with van der Waals surface area (Å²) >= 11 is 0. The highest BCUT2D eigenvalue weighted by atomic mass is 15.0. The minimum atomic E-state index is 0.792. The quantitative estimate of drug-likeness (QED) is 0.513. The molecule has 0 amide bonds. The third-order valence-electron chi connectivity index (χ3n) is 2.42. The maximum Gasteiger partial charge on any atom is 0.296 e. The number of para-hydroxylation sites is 2. The molecular formula is C12H16N4+. The molecule has 2 rings (SSSR count). The van der Waals surface area contributed by atoms with Gasteiger partial charge in [0.1, 0.15) is 6.20 Å². The molecule has 1 aliphatic rings. The largest absolute Gasteiger partial charge is 0.397 e. The van der Waals surface area contributed by atoms with Crippen molar-refractivity contribution in [3.63, 3.8) is 0 Å². The van der Waals surface area contributed by atoms with Gasteiger partial charge in [0.2, 0.25) is 0 Å². The van der Waals surface area contributed by atoms with Crippen molar-refractivity contribution in [2.45, 2.75) is 12.8 Å². The molecule has 0 saturated carbocycles. The smallest absolute Gasteiger partial charge is 0.296 e. The molecule has 1 heterocycles. The molecule has 1 aliphatic heterocycles. The summed E-state index contributed by atoms with van der Waals surface area (Å²) in [5.41, 5.74) is 7.61. The van der Waals surface area contributed by atoms with E-state index in [2.05, 4.69) is 15.6 Å². The van der Waals surface area contributed by atoms with Crippen molar-refractivity contribution in [1.29, 1.82) is 0 Å². The first-order valence-electron chi connectivity index (χ1n) is 5.43. The van der Waals surface area contributed by atoms with Crippen molar-refractivity contribution >= 4 is 17.2 Å². The fraction of sp³-hybridized carbons (Fsp3) is 0.250. The predicted molar refractivity (Wildman–Crippen MR) is 68.0 cm³/mol. The molecule has 0 unspecified atom stereocenters. The van der Waals surface area contributed by atoms with Crippen LogP contribution in [0.25, 0.3) is 0 Å². The minimum Gasteiger partial charge on any atom is -0.397 e. The van der Waals surface area contributed by atoms with Gasteiger partial charge < -0.3 is 11.1 Å². The summed E-state index contributed by atoms with van der Waals surface area (Å²) in [7, 11) is 0.